The molecule has 0 bridgehead atoms. The Kier molecular flexibility index (Phi) is 9.62. The maximum Gasteiger partial charge on any atom is 0.253 e. The number of benzene rings is 2. The van der Waals surface area contributed by atoms with Crippen molar-refractivity contribution in [2.45, 2.75) is 46.2 Å². The molecule has 6 heteroatoms. The molecule has 1 saturated heterocycles. The van der Waals surface area contributed by atoms with Gasteiger partial charge in [-0.2, -0.15) is 0 Å². The van der Waals surface area contributed by atoms with Crippen molar-refractivity contribution in [1.29, 1.82) is 0 Å². The fraction of sp³-hybridized carbons (Fsp3) is 0.417. The van der Waals surface area contributed by atoms with Crippen molar-refractivity contribution in [2.75, 3.05) is 20.1 Å². The smallest absolute Gasteiger partial charge is 0.253 e. The second-order valence-electron chi connectivity index (χ2n) is 7.76. The summed E-state index contributed by atoms with van der Waals surface area (Å²) >= 11 is 0. The predicted octanol–water partition coefficient (Wildman–Crippen LogP) is 4.41. The van der Waals surface area contributed by atoms with E-state index in [1.54, 1.807) is 7.05 Å². The number of guanidine groups is 1. The standard InChI is InChI=1S/C24H32N4O.HI/c1-18-7-10-22(19(2)15-18)17-27-24(25-3)26-16-20-8-11-21(12-9-20)23(29)28-13-5-4-6-14-28;/h7-12,15H,4-6,13-14,16-17H2,1-3H3,(H2,25,26,27);1H. The first-order valence-electron chi connectivity index (χ1n) is 10.5. The van der Waals surface area contributed by atoms with Crippen molar-refractivity contribution >= 4 is 35.8 Å². The first kappa shape index (κ1) is 24.2. The van der Waals surface area contributed by atoms with E-state index < -0.39 is 0 Å². The van der Waals surface area contributed by atoms with Gasteiger partial charge in [0.2, 0.25) is 0 Å². The van der Waals surface area contributed by atoms with Gasteiger partial charge in [0.1, 0.15) is 0 Å². The third-order valence-corrected chi connectivity index (χ3v) is 5.47. The number of aryl methyl sites for hydroxylation is 2. The summed E-state index contributed by atoms with van der Waals surface area (Å²) in [6, 6.07) is 14.4. The number of nitrogens with zero attached hydrogens (tertiary/aromatic N) is 2. The van der Waals surface area contributed by atoms with Crippen LogP contribution in [0, 0.1) is 13.8 Å². The lowest BCUT2D eigenvalue weighted by molar-refractivity contribution is 0.0724. The predicted molar refractivity (Wildman–Crippen MR) is 135 cm³/mol. The van der Waals surface area contributed by atoms with Crippen molar-refractivity contribution in [1.82, 2.24) is 15.5 Å². The average molecular weight is 520 g/mol. The number of halogens is 1. The van der Waals surface area contributed by atoms with Crippen LogP contribution in [0.5, 0.6) is 0 Å². The van der Waals surface area contributed by atoms with E-state index in [9.17, 15) is 4.79 Å². The number of nitrogens with one attached hydrogen (secondary N) is 2. The Bertz CT molecular complexity index is 858. The highest BCUT2D eigenvalue weighted by Crippen LogP contribution is 2.14. The normalized spacial score (nSPS) is 14.1. The maximum absolute atomic E-state index is 12.6. The number of likely N-dealkylation sites (tertiary alicyclic amines) is 1. The minimum absolute atomic E-state index is 0. The highest BCUT2D eigenvalue weighted by atomic mass is 127. The van der Waals surface area contributed by atoms with Gasteiger partial charge in [0.25, 0.3) is 5.91 Å². The molecule has 30 heavy (non-hydrogen) atoms. The van der Waals surface area contributed by atoms with E-state index in [-0.39, 0.29) is 29.9 Å². The summed E-state index contributed by atoms with van der Waals surface area (Å²) in [5.74, 6) is 0.911. The first-order chi connectivity index (χ1) is 14.1. The minimum Gasteiger partial charge on any atom is -0.352 e. The van der Waals surface area contributed by atoms with Crippen LogP contribution in [0.2, 0.25) is 0 Å². The molecule has 1 aliphatic rings. The molecule has 0 aromatic heterocycles. The Balaban J connectivity index is 0.00000320. The summed E-state index contributed by atoms with van der Waals surface area (Å²) in [7, 11) is 1.78. The van der Waals surface area contributed by atoms with Gasteiger partial charge in [-0.15, -0.1) is 24.0 Å². The lowest BCUT2D eigenvalue weighted by Crippen LogP contribution is -2.36. The molecule has 2 N–H and O–H groups in total. The molecule has 0 radical (unpaired) electrons. The Morgan fingerprint density at radius 3 is 2.27 bits per heavy atom. The second-order valence-corrected chi connectivity index (χ2v) is 7.76. The molecule has 3 rings (SSSR count). The molecule has 1 heterocycles. The molecule has 2 aromatic rings. The zero-order valence-corrected chi connectivity index (χ0v) is 20.5. The minimum atomic E-state index is 0. The van der Waals surface area contributed by atoms with Crippen LogP contribution in [0.3, 0.4) is 0 Å². The molecule has 0 unspecified atom stereocenters. The zero-order chi connectivity index (χ0) is 20.6. The summed E-state index contributed by atoms with van der Waals surface area (Å²) in [5.41, 5.74) is 5.71. The van der Waals surface area contributed by atoms with Crippen LogP contribution < -0.4 is 10.6 Å². The lowest BCUT2D eigenvalue weighted by Gasteiger charge is -2.26. The van der Waals surface area contributed by atoms with Crippen LogP contribution in [0.4, 0.5) is 0 Å². The highest BCUT2D eigenvalue weighted by molar-refractivity contribution is 14.0. The highest BCUT2D eigenvalue weighted by Gasteiger charge is 2.17. The molecule has 162 valence electrons. The van der Waals surface area contributed by atoms with Crippen LogP contribution >= 0.6 is 24.0 Å². The van der Waals surface area contributed by atoms with E-state index in [1.165, 1.54) is 23.1 Å². The first-order valence-corrected chi connectivity index (χ1v) is 10.5. The van der Waals surface area contributed by atoms with E-state index in [0.717, 1.165) is 49.6 Å². The van der Waals surface area contributed by atoms with E-state index in [0.29, 0.717) is 6.54 Å². The van der Waals surface area contributed by atoms with E-state index >= 15 is 0 Å². The van der Waals surface area contributed by atoms with Gasteiger partial charge in [-0.3, -0.25) is 9.79 Å². The summed E-state index contributed by atoms with van der Waals surface area (Å²) in [6.45, 7) is 7.39. The van der Waals surface area contributed by atoms with Crippen molar-refractivity contribution in [3.63, 3.8) is 0 Å². The van der Waals surface area contributed by atoms with Gasteiger partial charge in [0.15, 0.2) is 5.96 Å². The fourth-order valence-electron chi connectivity index (χ4n) is 3.67. The van der Waals surface area contributed by atoms with Crippen LogP contribution in [-0.4, -0.2) is 36.9 Å². The number of aliphatic imine (C=N–C) groups is 1. The summed E-state index contributed by atoms with van der Waals surface area (Å²) in [6.07, 6.45) is 3.46. The average Bonchev–Trinajstić information content (AvgIpc) is 2.75. The molecular weight excluding hydrogens is 487 g/mol. The van der Waals surface area contributed by atoms with E-state index in [1.807, 2.05) is 29.2 Å². The van der Waals surface area contributed by atoms with Crippen molar-refractivity contribution < 1.29 is 4.79 Å². The summed E-state index contributed by atoms with van der Waals surface area (Å²) < 4.78 is 0. The van der Waals surface area contributed by atoms with E-state index in [2.05, 4.69) is 47.7 Å². The van der Waals surface area contributed by atoms with Gasteiger partial charge in [-0.05, 0) is 61.9 Å². The Hall–Kier alpha value is -2.09. The number of hydrogen-bond donors (Lipinski definition) is 2. The molecule has 0 aliphatic carbocycles. The number of amides is 1. The molecule has 1 amide bonds. The van der Waals surface area contributed by atoms with Gasteiger partial charge in [-0.1, -0.05) is 35.9 Å². The van der Waals surface area contributed by atoms with Crippen LogP contribution in [0.1, 0.15) is 51.9 Å². The van der Waals surface area contributed by atoms with Gasteiger partial charge in [-0.25, -0.2) is 0 Å². The number of hydrogen-bond acceptors (Lipinski definition) is 2. The van der Waals surface area contributed by atoms with Gasteiger partial charge < -0.3 is 15.5 Å². The summed E-state index contributed by atoms with van der Waals surface area (Å²) in [4.78, 5) is 18.8. The topological polar surface area (TPSA) is 56.7 Å². The quantitative estimate of drug-likeness (QED) is 0.349. The number of piperidine rings is 1. The maximum atomic E-state index is 12.6. The number of carbonyl (C=O) groups excluding carboxylic acids is 1. The van der Waals surface area contributed by atoms with Gasteiger partial charge in [0.05, 0.1) is 0 Å². The Morgan fingerprint density at radius 2 is 1.63 bits per heavy atom. The molecule has 1 fully saturated rings. The van der Waals surface area contributed by atoms with Crippen molar-refractivity contribution in [3.8, 4) is 0 Å². The van der Waals surface area contributed by atoms with Crippen LogP contribution in [0.15, 0.2) is 47.5 Å². The van der Waals surface area contributed by atoms with Gasteiger partial charge >= 0.3 is 0 Å². The van der Waals surface area contributed by atoms with Gasteiger partial charge in [0, 0.05) is 38.8 Å². The Labute approximate surface area is 197 Å². The number of carbonyl (C=O) groups is 1. The van der Waals surface area contributed by atoms with Crippen molar-refractivity contribution in [2.24, 2.45) is 4.99 Å². The Morgan fingerprint density at radius 1 is 0.967 bits per heavy atom. The number of rotatable bonds is 5. The monoisotopic (exact) mass is 520 g/mol. The second kappa shape index (κ2) is 11.9. The molecule has 1 aliphatic heterocycles. The third kappa shape index (κ3) is 6.72. The molecule has 0 spiro atoms. The molecular formula is C24H33IN4O. The summed E-state index contributed by atoms with van der Waals surface area (Å²) in [5, 5.41) is 6.71. The lowest BCUT2D eigenvalue weighted by atomic mass is 10.1. The molecule has 2 aromatic carbocycles. The van der Waals surface area contributed by atoms with Crippen LogP contribution in [-0.2, 0) is 13.1 Å². The largest absolute Gasteiger partial charge is 0.352 e. The SMILES string of the molecule is CN=C(NCc1ccc(C(=O)N2CCCCC2)cc1)NCc1ccc(C)cc1C.I. The van der Waals surface area contributed by atoms with Crippen LogP contribution in [0.25, 0.3) is 0 Å². The molecule has 5 nitrogen and oxygen atoms in total. The zero-order valence-electron chi connectivity index (χ0n) is 18.2. The van der Waals surface area contributed by atoms with E-state index in [4.69, 9.17) is 0 Å². The molecule has 0 atom stereocenters. The molecule has 0 saturated carbocycles. The third-order valence-electron chi connectivity index (χ3n) is 5.47. The van der Waals surface area contributed by atoms with Crippen molar-refractivity contribution in [3.05, 3.63) is 70.3 Å². The fourth-order valence-corrected chi connectivity index (χ4v) is 3.67.